The first-order chi connectivity index (χ1) is 12.3. The lowest BCUT2D eigenvalue weighted by Crippen LogP contribution is -2.46. The number of pyridine rings is 1. The summed E-state index contributed by atoms with van der Waals surface area (Å²) in [6.07, 6.45) is 4.16. The van der Waals surface area contributed by atoms with Crippen molar-refractivity contribution in [3.8, 4) is 5.75 Å². The molecule has 1 heterocycles. The van der Waals surface area contributed by atoms with E-state index in [0.717, 1.165) is 5.56 Å². The predicted molar refractivity (Wildman–Crippen MR) is 101 cm³/mol. The summed E-state index contributed by atoms with van der Waals surface area (Å²) in [6, 6.07) is 10.9. The van der Waals surface area contributed by atoms with Crippen molar-refractivity contribution in [1.29, 1.82) is 0 Å². The van der Waals surface area contributed by atoms with Crippen LogP contribution in [0.2, 0.25) is 0 Å². The molecule has 0 bridgehead atoms. The molecular formula is C20H25N3O3. The SMILES string of the molecule is COc1cccc(NC(=O)C(C)(C)C(=O)N(C)CCc2ccncc2)c1. The van der Waals surface area contributed by atoms with E-state index >= 15 is 0 Å². The van der Waals surface area contributed by atoms with E-state index in [0.29, 0.717) is 24.4 Å². The van der Waals surface area contributed by atoms with E-state index in [4.69, 9.17) is 4.74 Å². The number of rotatable bonds is 7. The van der Waals surface area contributed by atoms with Gasteiger partial charge in [-0.25, -0.2) is 0 Å². The predicted octanol–water partition coefficient (Wildman–Crippen LogP) is 2.76. The molecule has 0 atom stereocenters. The Kier molecular flexibility index (Phi) is 6.33. The first kappa shape index (κ1) is 19.4. The highest BCUT2D eigenvalue weighted by molar-refractivity contribution is 6.09. The number of anilines is 1. The van der Waals surface area contributed by atoms with Gasteiger partial charge in [0.15, 0.2) is 0 Å². The zero-order valence-corrected chi connectivity index (χ0v) is 15.7. The van der Waals surface area contributed by atoms with Crippen LogP contribution in [0.1, 0.15) is 19.4 Å². The summed E-state index contributed by atoms with van der Waals surface area (Å²) in [4.78, 5) is 31.0. The monoisotopic (exact) mass is 355 g/mol. The molecule has 1 aromatic heterocycles. The molecule has 0 spiro atoms. The number of nitrogens with zero attached hydrogens (tertiary/aromatic N) is 2. The molecule has 0 radical (unpaired) electrons. The lowest BCUT2D eigenvalue weighted by molar-refractivity contribution is -0.145. The van der Waals surface area contributed by atoms with E-state index in [2.05, 4.69) is 10.3 Å². The van der Waals surface area contributed by atoms with Crippen molar-refractivity contribution in [3.63, 3.8) is 0 Å². The molecular weight excluding hydrogens is 330 g/mol. The number of methoxy groups -OCH3 is 1. The summed E-state index contributed by atoms with van der Waals surface area (Å²) in [5.74, 6) is 0.0554. The second-order valence-corrected chi connectivity index (χ2v) is 6.64. The van der Waals surface area contributed by atoms with Crippen LogP contribution in [0.25, 0.3) is 0 Å². The smallest absolute Gasteiger partial charge is 0.239 e. The van der Waals surface area contributed by atoms with Gasteiger partial charge in [-0.1, -0.05) is 6.07 Å². The molecule has 0 saturated carbocycles. The van der Waals surface area contributed by atoms with Crippen molar-refractivity contribution in [2.45, 2.75) is 20.3 Å². The normalized spacial score (nSPS) is 10.9. The molecule has 2 amide bonds. The Morgan fingerprint density at radius 2 is 1.88 bits per heavy atom. The minimum Gasteiger partial charge on any atom is -0.497 e. The molecule has 1 aromatic carbocycles. The lowest BCUT2D eigenvalue weighted by atomic mass is 9.90. The van der Waals surface area contributed by atoms with E-state index in [9.17, 15) is 9.59 Å². The maximum absolute atomic E-state index is 12.8. The van der Waals surface area contributed by atoms with Crippen molar-refractivity contribution in [3.05, 3.63) is 54.4 Å². The van der Waals surface area contributed by atoms with Gasteiger partial charge in [-0.05, 0) is 50.1 Å². The minimum atomic E-state index is -1.18. The third-order valence-electron chi connectivity index (χ3n) is 4.26. The number of nitrogens with one attached hydrogen (secondary N) is 1. The van der Waals surface area contributed by atoms with Gasteiger partial charge in [-0.15, -0.1) is 0 Å². The van der Waals surface area contributed by atoms with Crippen LogP contribution < -0.4 is 10.1 Å². The standard InChI is InChI=1S/C20H25N3O3/c1-20(2,18(24)22-16-6-5-7-17(14-16)26-4)19(25)23(3)13-10-15-8-11-21-12-9-15/h5-9,11-12,14H,10,13H2,1-4H3,(H,22,24). The Morgan fingerprint density at radius 1 is 1.19 bits per heavy atom. The Bertz CT molecular complexity index is 760. The van der Waals surface area contributed by atoms with Crippen molar-refractivity contribution in [2.75, 3.05) is 26.0 Å². The third kappa shape index (κ3) is 4.81. The summed E-state index contributed by atoms with van der Waals surface area (Å²) in [5, 5.41) is 2.79. The summed E-state index contributed by atoms with van der Waals surface area (Å²) < 4.78 is 5.15. The summed E-state index contributed by atoms with van der Waals surface area (Å²) in [5.41, 5.74) is 0.503. The number of likely N-dealkylation sites (N-methyl/N-ethyl adjacent to an activating group) is 1. The van der Waals surface area contributed by atoms with Gasteiger partial charge in [-0.2, -0.15) is 0 Å². The second-order valence-electron chi connectivity index (χ2n) is 6.64. The molecule has 0 aliphatic heterocycles. The van der Waals surface area contributed by atoms with Crippen molar-refractivity contribution in [2.24, 2.45) is 5.41 Å². The molecule has 6 heteroatoms. The fourth-order valence-electron chi connectivity index (χ4n) is 2.51. The van der Waals surface area contributed by atoms with Crippen LogP contribution in [0.4, 0.5) is 5.69 Å². The maximum atomic E-state index is 12.8. The number of carbonyl (C=O) groups excluding carboxylic acids is 2. The molecule has 26 heavy (non-hydrogen) atoms. The fourth-order valence-corrected chi connectivity index (χ4v) is 2.51. The van der Waals surface area contributed by atoms with Gasteiger partial charge in [0.1, 0.15) is 11.2 Å². The number of benzene rings is 1. The first-order valence-corrected chi connectivity index (χ1v) is 8.44. The van der Waals surface area contributed by atoms with Crippen LogP contribution in [0.5, 0.6) is 5.75 Å². The molecule has 2 aromatic rings. The topological polar surface area (TPSA) is 71.5 Å². The highest BCUT2D eigenvalue weighted by atomic mass is 16.5. The molecule has 0 aliphatic rings. The number of aromatic nitrogens is 1. The van der Waals surface area contributed by atoms with E-state index in [-0.39, 0.29) is 11.8 Å². The number of amides is 2. The van der Waals surface area contributed by atoms with Crippen molar-refractivity contribution >= 4 is 17.5 Å². The van der Waals surface area contributed by atoms with Gasteiger partial charge in [0, 0.05) is 37.7 Å². The number of hydrogen-bond donors (Lipinski definition) is 1. The van der Waals surface area contributed by atoms with Gasteiger partial charge in [0.05, 0.1) is 7.11 Å². The van der Waals surface area contributed by atoms with Gasteiger partial charge in [0.2, 0.25) is 11.8 Å². The molecule has 2 rings (SSSR count). The first-order valence-electron chi connectivity index (χ1n) is 8.44. The average Bonchev–Trinajstić information content (AvgIpc) is 2.66. The van der Waals surface area contributed by atoms with E-state index in [1.54, 1.807) is 69.6 Å². The molecule has 138 valence electrons. The summed E-state index contributed by atoms with van der Waals surface area (Å²) in [6.45, 7) is 3.79. The fraction of sp³-hybridized carbons (Fsp3) is 0.350. The van der Waals surface area contributed by atoms with Gasteiger partial charge < -0.3 is 15.0 Å². The van der Waals surface area contributed by atoms with Crippen molar-refractivity contribution in [1.82, 2.24) is 9.88 Å². The number of ether oxygens (including phenoxy) is 1. The Balaban J connectivity index is 1.99. The Hall–Kier alpha value is -2.89. The molecule has 0 fully saturated rings. The second kappa shape index (κ2) is 8.47. The van der Waals surface area contributed by atoms with E-state index < -0.39 is 5.41 Å². The van der Waals surface area contributed by atoms with E-state index in [1.165, 1.54) is 0 Å². The number of hydrogen-bond acceptors (Lipinski definition) is 4. The van der Waals surface area contributed by atoms with Gasteiger partial charge >= 0.3 is 0 Å². The van der Waals surface area contributed by atoms with Crippen LogP contribution in [-0.2, 0) is 16.0 Å². The highest BCUT2D eigenvalue weighted by Gasteiger charge is 2.38. The van der Waals surface area contributed by atoms with Crippen LogP contribution >= 0.6 is 0 Å². The molecule has 6 nitrogen and oxygen atoms in total. The summed E-state index contributed by atoms with van der Waals surface area (Å²) >= 11 is 0. The lowest BCUT2D eigenvalue weighted by Gasteiger charge is -2.28. The average molecular weight is 355 g/mol. The Morgan fingerprint density at radius 3 is 2.54 bits per heavy atom. The summed E-state index contributed by atoms with van der Waals surface area (Å²) in [7, 11) is 3.27. The van der Waals surface area contributed by atoms with Crippen LogP contribution in [0.3, 0.4) is 0 Å². The molecule has 0 saturated heterocycles. The third-order valence-corrected chi connectivity index (χ3v) is 4.26. The zero-order chi connectivity index (χ0) is 19.2. The van der Waals surface area contributed by atoms with Crippen molar-refractivity contribution < 1.29 is 14.3 Å². The number of carbonyl (C=O) groups is 2. The van der Waals surface area contributed by atoms with Crippen LogP contribution in [0.15, 0.2) is 48.8 Å². The quantitative estimate of drug-likeness (QED) is 0.775. The van der Waals surface area contributed by atoms with Crippen LogP contribution in [-0.4, -0.2) is 42.4 Å². The molecule has 0 unspecified atom stereocenters. The maximum Gasteiger partial charge on any atom is 0.239 e. The van der Waals surface area contributed by atoms with Gasteiger partial charge in [0.25, 0.3) is 0 Å². The van der Waals surface area contributed by atoms with Crippen LogP contribution in [0, 0.1) is 5.41 Å². The molecule has 0 aliphatic carbocycles. The highest BCUT2D eigenvalue weighted by Crippen LogP contribution is 2.23. The van der Waals surface area contributed by atoms with E-state index in [1.807, 2.05) is 12.1 Å². The molecule has 1 N–H and O–H groups in total. The zero-order valence-electron chi connectivity index (χ0n) is 15.7. The van der Waals surface area contributed by atoms with Gasteiger partial charge in [-0.3, -0.25) is 14.6 Å². The minimum absolute atomic E-state index is 0.230. The Labute approximate surface area is 154 Å². The largest absolute Gasteiger partial charge is 0.497 e.